The zero-order chi connectivity index (χ0) is 17.5. The summed E-state index contributed by atoms with van der Waals surface area (Å²) in [7, 11) is 0. The van der Waals surface area contributed by atoms with Crippen LogP contribution in [0.5, 0.6) is 5.75 Å². The fourth-order valence-electron chi connectivity index (χ4n) is 2.27. The standard InChI is InChI=1S/C16H24N4O3S/c1-3-9-24-16-19-13(17)12(15(22)20-16)18-14(21)10-5-7-11(8-6-10)23-4-2/h5-8,12-13,16,19H,3-4,9,17H2,1-2H3,(H,18,21)(H,20,22). The maximum absolute atomic E-state index is 12.3. The average molecular weight is 352 g/mol. The van der Waals surface area contributed by atoms with E-state index in [2.05, 4.69) is 22.9 Å². The highest BCUT2D eigenvalue weighted by molar-refractivity contribution is 7.99. The normalized spacial score (nSPS) is 23.5. The second-order valence-electron chi connectivity index (χ2n) is 5.36. The summed E-state index contributed by atoms with van der Waals surface area (Å²) in [6.45, 7) is 4.52. The molecule has 0 bridgehead atoms. The van der Waals surface area contributed by atoms with Gasteiger partial charge < -0.3 is 21.1 Å². The predicted molar refractivity (Wildman–Crippen MR) is 94.7 cm³/mol. The molecule has 1 aromatic rings. The number of benzene rings is 1. The van der Waals surface area contributed by atoms with Gasteiger partial charge in [0, 0.05) is 5.56 Å². The van der Waals surface area contributed by atoms with Crippen LogP contribution >= 0.6 is 11.8 Å². The summed E-state index contributed by atoms with van der Waals surface area (Å²) < 4.78 is 5.34. The van der Waals surface area contributed by atoms with Crippen molar-refractivity contribution in [2.45, 2.75) is 38.0 Å². The van der Waals surface area contributed by atoms with Crippen molar-refractivity contribution in [3.8, 4) is 5.75 Å². The summed E-state index contributed by atoms with van der Waals surface area (Å²) in [6.07, 6.45) is 0.367. The molecule has 3 unspecified atom stereocenters. The van der Waals surface area contributed by atoms with Gasteiger partial charge in [-0.1, -0.05) is 6.92 Å². The molecule has 1 fully saturated rings. The smallest absolute Gasteiger partial charge is 0.252 e. The van der Waals surface area contributed by atoms with Crippen LogP contribution in [0, 0.1) is 0 Å². The minimum Gasteiger partial charge on any atom is -0.494 e. The number of thioether (sulfide) groups is 1. The molecule has 0 radical (unpaired) electrons. The summed E-state index contributed by atoms with van der Waals surface area (Å²) in [5.41, 5.74) is 6.22. The number of hydrogen-bond donors (Lipinski definition) is 4. The average Bonchev–Trinajstić information content (AvgIpc) is 2.57. The van der Waals surface area contributed by atoms with Crippen molar-refractivity contribution >= 4 is 23.6 Å². The summed E-state index contributed by atoms with van der Waals surface area (Å²) in [5, 5.41) is 8.58. The highest BCUT2D eigenvalue weighted by atomic mass is 32.2. The van der Waals surface area contributed by atoms with E-state index in [0.29, 0.717) is 17.9 Å². The van der Waals surface area contributed by atoms with E-state index in [-0.39, 0.29) is 17.3 Å². The maximum Gasteiger partial charge on any atom is 0.252 e. The molecule has 1 heterocycles. The van der Waals surface area contributed by atoms with Crippen molar-refractivity contribution in [2.75, 3.05) is 12.4 Å². The first-order chi connectivity index (χ1) is 11.5. The number of carbonyl (C=O) groups is 2. The Morgan fingerprint density at radius 1 is 1.33 bits per heavy atom. The Labute approximate surface area is 146 Å². The van der Waals surface area contributed by atoms with Gasteiger partial charge in [-0.2, -0.15) is 0 Å². The predicted octanol–water partition coefficient (Wildman–Crippen LogP) is 0.615. The maximum atomic E-state index is 12.3. The summed E-state index contributed by atoms with van der Waals surface area (Å²) in [4.78, 5) is 24.5. The summed E-state index contributed by atoms with van der Waals surface area (Å²) in [6, 6.07) is 5.92. The van der Waals surface area contributed by atoms with Gasteiger partial charge in [0.15, 0.2) is 0 Å². The number of nitrogens with one attached hydrogen (secondary N) is 3. The fourth-order valence-corrected chi connectivity index (χ4v) is 3.19. The van der Waals surface area contributed by atoms with E-state index in [4.69, 9.17) is 10.5 Å². The molecule has 7 nitrogen and oxygen atoms in total. The number of rotatable bonds is 7. The van der Waals surface area contributed by atoms with Crippen molar-refractivity contribution in [1.29, 1.82) is 0 Å². The van der Waals surface area contributed by atoms with Gasteiger partial charge in [-0.15, -0.1) is 11.8 Å². The lowest BCUT2D eigenvalue weighted by Crippen LogP contribution is -2.70. The molecule has 5 N–H and O–H groups in total. The largest absolute Gasteiger partial charge is 0.494 e. The Bertz CT molecular complexity index is 567. The highest BCUT2D eigenvalue weighted by Crippen LogP contribution is 2.14. The number of amides is 2. The lowest BCUT2D eigenvalue weighted by Gasteiger charge is -2.35. The van der Waals surface area contributed by atoms with Gasteiger partial charge in [-0.25, -0.2) is 0 Å². The zero-order valence-corrected chi connectivity index (χ0v) is 14.7. The lowest BCUT2D eigenvalue weighted by molar-refractivity contribution is -0.125. The first-order valence-corrected chi connectivity index (χ1v) is 9.07. The van der Waals surface area contributed by atoms with E-state index in [9.17, 15) is 9.59 Å². The lowest BCUT2D eigenvalue weighted by atomic mass is 10.1. The molecule has 3 atom stereocenters. The van der Waals surface area contributed by atoms with Crippen LogP contribution in [0.2, 0.25) is 0 Å². The van der Waals surface area contributed by atoms with E-state index >= 15 is 0 Å². The van der Waals surface area contributed by atoms with Crippen LogP contribution in [0.4, 0.5) is 0 Å². The van der Waals surface area contributed by atoms with Crippen LogP contribution in [-0.2, 0) is 4.79 Å². The van der Waals surface area contributed by atoms with Crippen molar-refractivity contribution < 1.29 is 14.3 Å². The third-order valence-corrected chi connectivity index (χ3v) is 4.69. The Hall–Kier alpha value is -1.77. The molecular weight excluding hydrogens is 328 g/mol. The molecule has 0 aliphatic carbocycles. The van der Waals surface area contributed by atoms with Crippen molar-refractivity contribution in [3.05, 3.63) is 29.8 Å². The van der Waals surface area contributed by atoms with Gasteiger partial charge in [0.2, 0.25) is 5.91 Å². The molecule has 1 aliphatic heterocycles. The first kappa shape index (κ1) is 18.6. The number of hydrogen-bond acceptors (Lipinski definition) is 6. The summed E-state index contributed by atoms with van der Waals surface area (Å²) in [5.74, 6) is 0.969. The van der Waals surface area contributed by atoms with Crippen LogP contribution < -0.4 is 26.4 Å². The first-order valence-electron chi connectivity index (χ1n) is 8.02. The Morgan fingerprint density at radius 3 is 2.62 bits per heavy atom. The highest BCUT2D eigenvalue weighted by Gasteiger charge is 2.35. The van der Waals surface area contributed by atoms with Crippen molar-refractivity contribution in [3.63, 3.8) is 0 Å². The number of carbonyl (C=O) groups excluding carboxylic acids is 2. The van der Waals surface area contributed by atoms with E-state index in [1.807, 2.05) is 6.92 Å². The van der Waals surface area contributed by atoms with Crippen LogP contribution in [0.25, 0.3) is 0 Å². The van der Waals surface area contributed by atoms with E-state index < -0.39 is 12.2 Å². The number of nitrogens with two attached hydrogens (primary N) is 1. The fraction of sp³-hybridized carbons (Fsp3) is 0.500. The van der Waals surface area contributed by atoms with Gasteiger partial charge in [-0.3, -0.25) is 14.9 Å². The summed E-state index contributed by atoms with van der Waals surface area (Å²) >= 11 is 1.58. The molecule has 0 aromatic heterocycles. The molecule has 0 saturated carbocycles. The SMILES string of the molecule is CCCSC1NC(=O)C(NC(=O)c2ccc(OCC)cc2)C(N)N1. The Morgan fingerprint density at radius 2 is 2.04 bits per heavy atom. The monoisotopic (exact) mass is 352 g/mol. The topological polar surface area (TPSA) is 105 Å². The van der Waals surface area contributed by atoms with Gasteiger partial charge in [0.05, 0.1) is 12.8 Å². The van der Waals surface area contributed by atoms with Gasteiger partial charge in [-0.05, 0) is 43.4 Å². The quantitative estimate of drug-likeness (QED) is 0.573. The number of ether oxygens (including phenoxy) is 1. The third-order valence-electron chi connectivity index (χ3n) is 3.46. The Kier molecular flexibility index (Phi) is 6.89. The molecule has 1 aromatic carbocycles. The molecule has 2 rings (SSSR count). The van der Waals surface area contributed by atoms with Crippen molar-refractivity contribution in [2.24, 2.45) is 5.73 Å². The molecule has 0 spiro atoms. The van der Waals surface area contributed by atoms with Crippen molar-refractivity contribution in [1.82, 2.24) is 16.0 Å². The van der Waals surface area contributed by atoms with E-state index in [1.54, 1.807) is 36.0 Å². The van der Waals surface area contributed by atoms with Gasteiger partial charge in [0.25, 0.3) is 5.91 Å². The van der Waals surface area contributed by atoms with Crippen LogP contribution in [0.15, 0.2) is 24.3 Å². The Balaban J connectivity index is 1.94. The molecule has 2 amide bonds. The molecule has 132 valence electrons. The molecule has 1 aliphatic rings. The van der Waals surface area contributed by atoms with Crippen LogP contribution in [0.3, 0.4) is 0 Å². The van der Waals surface area contributed by atoms with Gasteiger partial charge >= 0.3 is 0 Å². The molecule has 24 heavy (non-hydrogen) atoms. The molecular formula is C16H24N4O3S. The second kappa shape index (κ2) is 8.91. The minimum atomic E-state index is -0.817. The second-order valence-corrected chi connectivity index (χ2v) is 6.57. The minimum absolute atomic E-state index is 0.230. The van der Waals surface area contributed by atoms with Crippen LogP contribution in [0.1, 0.15) is 30.6 Å². The molecule has 8 heteroatoms. The van der Waals surface area contributed by atoms with Crippen LogP contribution in [-0.4, -0.2) is 41.9 Å². The van der Waals surface area contributed by atoms with E-state index in [0.717, 1.165) is 12.2 Å². The van der Waals surface area contributed by atoms with Gasteiger partial charge in [0.1, 0.15) is 17.3 Å². The van der Waals surface area contributed by atoms with E-state index in [1.165, 1.54) is 0 Å². The zero-order valence-electron chi connectivity index (χ0n) is 13.9. The third kappa shape index (κ3) is 4.86. The molecule has 1 saturated heterocycles.